The highest BCUT2D eigenvalue weighted by atomic mass is 19.1. The fourth-order valence-electron chi connectivity index (χ4n) is 2.63. The Morgan fingerprint density at radius 1 is 1.25 bits per heavy atom. The Morgan fingerprint density at radius 2 is 1.95 bits per heavy atom. The highest BCUT2D eigenvalue weighted by Gasteiger charge is 2.25. The molecule has 0 spiro atoms. The van der Waals surface area contributed by atoms with E-state index in [4.69, 9.17) is 0 Å². The van der Waals surface area contributed by atoms with E-state index in [2.05, 4.69) is 9.97 Å². The summed E-state index contributed by atoms with van der Waals surface area (Å²) >= 11 is 0. The van der Waals surface area contributed by atoms with Gasteiger partial charge in [0.2, 0.25) is 0 Å². The predicted octanol–water partition coefficient (Wildman–Crippen LogP) is 2.57. The molecule has 0 aliphatic carbocycles. The molecule has 1 amide bonds. The SMILES string of the molecule is O=C(c1ccc(F)cc1)N1CCC(c2ncc[nH]2)CC1. The minimum atomic E-state index is -0.321. The number of rotatable bonds is 2. The lowest BCUT2D eigenvalue weighted by Gasteiger charge is -2.31. The van der Waals surface area contributed by atoms with Gasteiger partial charge in [0.1, 0.15) is 11.6 Å². The Hall–Kier alpha value is -2.17. The molecule has 3 rings (SSSR count). The number of hydrogen-bond donors (Lipinski definition) is 1. The molecule has 2 heterocycles. The summed E-state index contributed by atoms with van der Waals surface area (Å²) in [7, 11) is 0. The van der Waals surface area contributed by atoms with E-state index in [9.17, 15) is 9.18 Å². The van der Waals surface area contributed by atoms with Crippen molar-refractivity contribution in [2.45, 2.75) is 18.8 Å². The summed E-state index contributed by atoms with van der Waals surface area (Å²) in [5.74, 6) is 1.04. The number of hydrogen-bond acceptors (Lipinski definition) is 2. The molecular weight excluding hydrogens is 257 g/mol. The molecule has 0 unspecified atom stereocenters. The number of halogens is 1. The van der Waals surface area contributed by atoms with E-state index in [0.29, 0.717) is 24.6 Å². The number of aromatic amines is 1. The molecule has 20 heavy (non-hydrogen) atoms. The van der Waals surface area contributed by atoms with Crippen molar-refractivity contribution in [1.29, 1.82) is 0 Å². The van der Waals surface area contributed by atoms with Crippen molar-refractivity contribution in [2.75, 3.05) is 13.1 Å². The molecule has 1 aromatic carbocycles. The number of nitrogens with zero attached hydrogens (tertiary/aromatic N) is 2. The van der Waals surface area contributed by atoms with E-state index in [-0.39, 0.29) is 11.7 Å². The smallest absolute Gasteiger partial charge is 0.253 e. The van der Waals surface area contributed by atoms with E-state index >= 15 is 0 Å². The van der Waals surface area contributed by atoms with Crippen molar-refractivity contribution in [1.82, 2.24) is 14.9 Å². The van der Waals surface area contributed by atoms with E-state index in [0.717, 1.165) is 18.7 Å². The number of likely N-dealkylation sites (tertiary alicyclic amines) is 1. The molecule has 1 fully saturated rings. The number of carbonyl (C=O) groups is 1. The molecule has 0 saturated carbocycles. The van der Waals surface area contributed by atoms with Gasteiger partial charge in [0.15, 0.2) is 0 Å². The van der Waals surface area contributed by atoms with Crippen molar-refractivity contribution in [3.63, 3.8) is 0 Å². The molecule has 0 bridgehead atoms. The molecule has 0 radical (unpaired) electrons. The van der Waals surface area contributed by atoms with Crippen molar-refractivity contribution in [2.24, 2.45) is 0 Å². The van der Waals surface area contributed by atoms with Gasteiger partial charge in [0, 0.05) is 37.0 Å². The fraction of sp³-hybridized carbons (Fsp3) is 0.333. The van der Waals surface area contributed by atoms with Crippen LogP contribution >= 0.6 is 0 Å². The molecule has 1 aliphatic rings. The third-order valence-electron chi connectivity index (χ3n) is 3.78. The number of nitrogens with one attached hydrogen (secondary N) is 1. The molecule has 104 valence electrons. The largest absolute Gasteiger partial charge is 0.348 e. The Kier molecular flexibility index (Phi) is 3.50. The zero-order valence-corrected chi connectivity index (χ0v) is 11.1. The van der Waals surface area contributed by atoms with Crippen LogP contribution < -0.4 is 0 Å². The first kappa shape index (κ1) is 12.8. The van der Waals surface area contributed by atoms with Gasteiger partial charge in [-0.15, -0.1) is 0 Å². The zero-order valence-electron chi connectivity index (χ0n) is 11.1. The van der Waals surface area contributed by atoms with Crippen molar-refractivity contribution in [3.05, 3.63) is 53.9 Å². The molecule has 5 heteroatoms. The molecule has 2 aromatic rings. The highest BCUT2D eigenvalue weighted by Crippen LogP contribution is 2.26. The normalized spacial score (nSPS) is 16.4. The maximum Gasteiger partial charge on any atom is 0.253 e. The average Bonchev–Trinajstić information content (AvgIpc) is 3.02. The number of carbonyl (C=O) groups excluding carboxylic acids is 1. The number of imidazole rings is 1. The van der Waals surface area contributed by atoms with Crippen LogP contribution in [-0.2, 0) is 0 Å². The highest BCUT2D eigenvalue weighted by molar-refractivity contribution is 5.94. The van der Waals surface area contributed by atoms with E-state index in [1.54, 1.807) is 6.20 Å². The summed E-state index contributed by atoms with van der Waals surface area (Å²) in [6.07, 6.45) is 5.39. The first-order valence-electron chi connectivity index (χ1n) is 6.78. The Morgan fingerprint density at radius 3 is 2.55 bits per heavy atom. The van der Waals surface area contributed by atoms with Crippen molar-refractivity contribution in [3.8, 4) is 0 Å². The first-order valence-corrected chi connectivity index (χ1v) is 6.78. The Balaban J connectivity index is 1.63. The molecular formula is C15H16FN3O. The van der Waals surface area contributed by atoms with Gasteiger partial charge in [0.25, 0.3) is 5.91 Å². The molecule has 0 atom stereocenters. The summed E-state index contributed by atoms with van der Waals surface area (Å²) < 4.78 is 12.9. The van der Waals surface area contributed by atoms with Crippen LogP contribution in [0.3, 0.4) is 0 Å². The Labute approximate surface area is 116 Å². The maximum atomic E-state index is 12.9. The van der Waals surface area contributed by atoms with Gasteiger partial charge in [-0.25, -0.2) is 9.37 Å². The van der Waals surface area contributed by atoms with Crippen LogP contribution in [0, 0.1) is 5.82 Å². The number of benzene rings is 1. The van der Waals surface area contributed by atoms with E-state index < -0.39 is 0 Å². The zero-order chi connectivity index (χ0) is 13.9. The molecule has 1 aromatic heterocycles. The molecule has 1 N–H and O–H groups in total. The van der Waals surface area contributed by atoms with Crippen molar-refractivity contribution >= 4 is 5.91 Å². The lowest BCUT2D eigenvalue weighted by molar-refractivity contribution is 0.0711. The molecule has 1 saturated heterocycles. The summed E-state index contributed by atoms with van der Waals surface area (Å²) in [6.45, 7) is 1.42. The first-order chi connectivity index (χ1) is 9.74. The van der Waals surface area contributed by atoms with Crippen LogP contribution in [0.15, 0.2) is 36.7 Å². The van der Waals surface area contributed by atoms with Crippen LogP contribution in [0.25, 0.3) is 0 Å². The van der Waals surface area contributed by atoms with Crippen LogP contribution in [-0.4, -0.2) is 33.9 Å². The van der Waals surface area contributed by atoms with Gasteiger partial charge >= 0.3 is 0 Å². The van der Waals surface area contributed by atoms with Gasteiger partial charge in [-0.2, -0.15) is 0 Å². The monoisotopic (exact) mass is 273 g/mol. The Bertz CT molecular complexity index is 572. The third-order valence-corrected chi connectivity index (χ3v) is 3.78. The minimum Gasteiger partial charge on any atom is -0.348 e. The van der Waals surface area contributed by atoms with Crippen molar-refractivity contribution < 1.29 is 9.18 Å². The van der Waals surface area contributed by atoms with Crippen LogP contribution in [0.4, 0.5) is 4.39 Å². The summed E-state index contributed by atoms with van der Waals surface area (Å²) in [5, 5.41) is 0. The molecule has 4 nitrogen and oxygen atoms in total. The average molecular weight is 273 g/mol. The number of amides is 1. The van der Waals surface area contributed by atoms with Crippen LogP contribution in [0.1, 0.15) is 34.9 Å². The lowest BCUT2D eigenvalue weighted by atomic mass is 9.95. The van der Waals surface area contributed by atoms with E-state index in [1.807, 2.05) is 11.1 Å². The fourth-order valence-corrected chi connectivity index (χ4v) is 2.63. The van der Waals surface area contributed by atoms with Crippen LogP contribution in [0.5, 0.6) is 0 Å². The number of piperidine rings is 1. The second kappa shape index (κ2) is 5.45. The number of H-pyrrole nitrogens is 1. The van der Waals surface area contributed by atoms with Gasteiger partial charge in [-0.05, 0) is 37.1 Å². The van der Waals surface area contributed by atoms with Gasteiger partial charge < -0.3 is 9.88 Å². The maximum absolute atomic E-state index is 12.9. The summed E-state index contributed by atoms with van der Waals surface area (Å²) in [5.41, 5.74) is 0.544. The van der Waals surface area contributed by atoms with Gasteiger partial charge in [0.05, 0.1) is 0 Å². The third kappa shape index (κ3) is 2.57. The second-order valence-electron chi connectivity index (χ2n) is 5.05. The standard InChI is InChI=1S/C15H16FN3O/c16-13-3-1-12(2-4-13)15(20)19-9-5-11(6-10-19)14-17-7-8-18-14/h1-4,7-8,11H,5-6,9-10H2,(H,17,18). The van der Waals surface area contributed by atoms with E-state index in [1.165, 1.54) is 24.3 Å². The minimum absolute atomic E-state index is 0.0251. The number of aromatic nitrogens is 2. The topological polar surface area (TPSA) is 49.0 Å². The van der Waals surface area contributed by atoms with Gasteiger partial charge in [-0.1, -0.05) is 0 Å². The lowest BCUT2D eigenvalue weighted by Crippen LogP contribution is -2.38. The second-order valence-corrected chi connectivity index (χ2v) is 5.05. The molecule has 1 aliphatic heterocycles. The quantitative estimate of drug-likeness (QED) is 0.914. The summed E-state index contributed by atoms with van der Waals surface area (Å²) in [4.78, 5) is 21.5. The summed E-state index contributed by atoms with van der Waals surface area (Å²) in [6, 6.07) is 5.72. The van der Waals surface area contributed by atoms with Gasteiger partial charge in [-0.3, -0.25) is 4.79 Å². The predicted molar refractivity (Wildman–Crippen MR) is 72.9 cm³/mol. The van der Waals surface area contributed by atoms with Crippen LogP contribution in [0.2, 0.25) is 0 Å².